The highest BCUT2D eigenvalue weighted by Crippen LogP contribution is 2.15. The first-order valence-corrected chi connectivity index (χ1v) is 8.57. The summed E-state index contributed by atoms with van der Waals surface area (Å²) in [6, 6.07) is 7.76. The van der Waals surface area contributed by atoms with E-state index in [0.717, 1.165) is 42.7 Å². The number of carbonyl (C=O) groups excluding carboxylic acids is 1. The molecule has 118 valence electrons. The monoisotopic (exact) mass is 348 g/mol. The predicted molar refractivity (Wildman–Crippen MR) is 93.5 cm³/mol. The van der Waals surface area contributed by atoms with Crippen molar-refractivity contribution in [1.82, 2.24) is 10.6 Å². The summed E-state index contributed by atoms with van der Waals surface area (Å²) in [5.41, 5.74) is 1.20. The molecular formula is C15H22Cl2N2OS. The van der Waals surface area contributed by atoms with Gasteiger partial charge in [0.15, 0.2) is 0 Å². The number of hydrogen-bond donors (Lipinski definition) is 2. The Hall–Kier alpha value is -0.420. The van der Waals surface area contributed by atoms with Crippen LogP contribution >= 0.6 is 35.8 Å². The molecule has 2 N–H and O–H groups in total. The fourth-order valence-electron chi connectivity index (χ4n) is 2.27. The minimum absolute atomic E-state index is 0. The molecule has 1 fully saturated rings. The molecule has 1 saturated heterocycles. The molecule has 6 heteroatoms. The Balaban J connectivity index is 0.00000220. The second-order valence-electron chi connectivity index (χ2n) is 5.12. The minimum atomic E-state index is 0. The summed E-state index contributed by atoms with van der Waals surface area (Å²) in [7, 11) is 0. The van der Waals surface area contributed by atoms with Gasteiger partial charge in [-0.15, -0.1) is 24.2 Å². The van der Waals surface area contributed by atoms with Crippen molar-refractivity contribution < 1.29 is 4.79 Å². The average Bonchev–Trinajstić information content (AvgIpc) is 2.94. The van der Waals surface area contributed by atoms with Gasteiger partial charge in [-0.3, -0.25) is 4.79 Å². The van der Waals surface area contributed by atoms with Gasteiger partial charge in [-0.2, -0.15) is 0 Å². The third kappa shape index (κ3) is 7.41. The van der Waals surface area contributed by atoms with E-state index in [9.17, 15) is 4.79 Å². The van der Waals surface area contributed by atoms with Crippen molar-refractivity contribution in [2.45, 2.75) is 18.6 Å². The summed E-state index contributed by atoms with van der Waals surface area (Å²) < 4.78 is 0. The van der Waals surface area contributed by atoms with E-state index in [1.165, 1.54) is 12.0 Å². The van der Waals surface area contributed by atoms with Crippen molar-refractivity contribution in [1.29, 1.82) is 0 Å². The fraction of sp³-hybridized carbons (Fsp3) is 0.533. The zero-order valence-electron chi connectivity index (χ0n) is 11.9. The second kappa shape index (κ2) is 10.3. The van der Waals surface area contributed by atoms with Crippen molar-refractivity contribution in [2.24, 2.45) is 5.92 Å². The van der Waals surface area contributed by atoms with Crippen LogP contribution in [0.1, 0.15) is 18.4 Å². The van der Waals surface area contributed by atoms with Crippen LogP contribution in [0.2, 0.25) is 5.02 Å². The summed E-state index contributed by atoms with van der Waals surface area (Å²) in [4.78, 5) is 11.7. The van der Waals surface area contributed by atoms with E-state index >= 15 is 0 Å². The van der Waals surface area contributed by atoms with Crippen LogP contribution in [0.3, 0.4) is 0 Å². The maximum absolute atomic E-state index is 11.7. The maximum Gasteiger partial charge on any atom is 0.230 e. The van der Waals surface area contributed by atoms with Crippen LogP contribution in [0.4, 0.5) is 0 Å². The van der Waals surface area contributed by atoms with Crippen molar-refractivity contribution in [3.8, 4) is 0 Å². The number of benzene rings is 1. The molecule has 0 radical (unpaired) electrons. The molecule has 1 atom stereocenters. The minimum Gasteiger partial charge on any atom is -0.355 e. The van der Waals surface area contributed by atoms with Crippen LogP contribution in [0.25, 0.3) is 0 Å². The van der Waals surface area contributed by atoms with Crippen LogP contribution in [0.5, 0.6) is 0 Å². The van der Waals surface area contributed by atoms with Gasteiger partial charge in [0.1, 0.15) is 0 Å². The number of hydrogen-bond acceptors (Lipinski definition) is 3. The first-order valence-electron chi connectivity index (χ1n) is 7.03. The zero-order chi connectivity index (χ0) is 14.2. The molecule has 21 heavy (non-hydrogen) atoms. The highest BCUT2D eigenvalue weighted by Gasteiger charge is 2.13. The topological polar surface area (TPSA) is 41.1 Å². The quantitative estimate of drug-likeness (QED) is 0.795. The Kier molecular flexibility index (Phi) is 9.16. The maximum atomic E-state index is 11.7. The molecule has 1 aliphatic heterocycles. The molecule has 1 unspecified atom stereocenters. The van der Waals surface area contributed by atoms with Gasteiger partial charge in [0.05, 0.1) is 5.75 Å². The molecule has 1 aromatic carbocycles. The molecule has 1 aromatic rings. The molecule has 1 heterocycles. The highest BCUT2D eigenvalue weighted by atomic mass is 35.5. The summed E-state index contributed by atoms with van der Waals surface area (Å²) in [5.74, 6) is 2.23. The molecule has 2 rings (SSSR count). The van der Waals surface area contributed by atoms with Gasteiger partial charge < -0.3 is 10.6 Å². The Bertz CT molecular complexity index is 422. The van der Waals surface area contributed by atoms with E-state index in [4.69, 9.17) is 11.6 Å². The van der Waals surface area contributed by atoms with E-state index in [-0.39, 0.29) is 18.3 Å². The molecule has 1 aliphatic rings. The molecule has 0 aliphatic carbocycles. The molecule has 3 nitrogen and oxygen atoms in total. The normalized spacial score (nSPS) is 17.3. The first-order chi connectivity index (χ1) is 9.74. The molecule has 0 spiro atoms. The van der Waals surface area contributed by atoms with E-state index in [1.807, 2.05) is 24.3 Å². The van der Waals surface area contributed by atoms with Gasteiger partial charge in [0.2, 0.25) is 5.91 Å². The summed E-state index contributed by atoms with van der Waals surface area (Å²) in [6.07, 6.45) is 2.32. The van der Waals surface area contributed by atoms with Crippen LogP contribution in [-0.4, -0.2) is 31.3 Å². The van der Waals surface area contributed by atoms with Crippen molar-refractivity contribution in [2.75, 3.05) is 25.4 Å². The van der Waals surface area contributed by atoms with Crippen molar-refractivity contribution in [3.05, 3.63) is 34.9 Å². The zero-order valence-corrected chi connectivity index (χ0v) is 14.3. The first kappa shape index (κ1) is 18.6. The van der Waals surface area contributed by atoms with Crippen LogP contribution < -0.4 is 10.6 Å². The van der Waals surface area contributed by atoms with E-state index < -0.39 is 0 Å². The highest BCUT2D eigenvalue weighted by molar-refractivity contribution is 7.99. The van der Waals surface area contributed by atoms with Crippen LogP contribution in [-0.2, 0) is 10.5 Å². The van der Waals surface area contributed by atoms with Gasteiger partial charge in [0, 0.05) is 17.3 Å². The predicted octanol–water partition coefficient (Wildman–Crippen LogP) is 3.11. The van der Waals surface area contributed by atoms with Gasteiger partial charge in [-0.25, -0.2) is 0 Å². The Morgan fingerprint density at radius 2 is 2.14 bits per heavy atom. The largest absolute Gasteiger partial charge is 0.355 e. The number of thioether (sulfide) groups is 1. The van der Waals surface area contributed by atoms with Crippen molar-refractivity contribution in [3.63, 3.8) is 0 Å². The lowest BCUT2D eigenvalue weighted by atomic mass is 10.1. The third-order valence-corrected chi connectivity index (χ3v) is 4.71. The van der Waals surface area contributed by atoms with Gasteiger partial charge in [-0.1, -0.05) is 23.7 Å². The van der Waals surface area contributed by atoms with Crippen molar-refractivity contribution >= 4 is 41.7 Å². The lowest BCUT2D eigenvalue weighted by molar-refractivity contribution is -0.118. The SMILES string of the molecule is Cl.O=C(CSCc1ccc(Cl)cc1)NCCC1CCNC1. The standard InChI is InChI=1S/C15H21ClN2OS.ClH/c16-14-3-1-13(2-4-14)10-20-11-15(19)18-8-6-12-5-7-17-9-12;/h1-4,12,17H,5-11H2,(H,18,19);1H. The molecule has 0 aromatic heterocycles. The second-order valence-corrected chi connectivity index (χ2v) is 6.54. The van der Waals surface area contributed by atoms with Gasteiger partial charge in [-0.05, 0) is 49.5 Å². The number of nitrogens with one attached hydrogen (secondary N) is 2. The van der Waals surface area contributed by atoms with Crippen LogP contribution in [0, 0.1) is 5.92 Å². The van der Waals surface area contributed by atoms with E-state index in [0.29, 0.717) is 5.75 Å². The Morgan fingerprint density at radius 3 is 2.81 bits per heavy atom. The number of carbonyl (C=O) groups is 1. The smallest absolute Gasteiger partial charge is 0.230 e. The summed E-state index contributed by atoms with van der Waals surface area (Å²) >= 11 is 7.47. The molecule has 1 amide bonds. The molecule has 0 bridgehead atoms. The number of amides is 1. The number of halogens is 2. The lowest BCUT2D eigenvalue weighted by Gasteiger charge is -2.09. The fourth-order valence-corrected chi connectivity index (χ4v) is 3.21. The lowest BCUT2D eigenvalue weighted by Crippen LogP contribution is -2.27. The van der Waals surface area contributed by atoms with E-state index in [2.05, 4.69) is 10.6 Å². The number of rotatable bonds is 7. The van der Waals surface area contributed by atoms with Gasteiger partial charge >= 0.3 is 0 Å². The Morgan fingerprint density at radius 1 is 1.38 bits per heavy atom. The molecule has 0 saturated carbocycles. The van der Waals surface area contributed by atoms with E-state index in [1.54, 1.807) is 11.8 Å². The van der Waals surface area contributed by atoms with Crippen LogP contribution in [0.15, 0.2) is 24.3 Å². The summed E-state index contributed by atoms with van der Waals surface area (Å²) in [5, 5.41) is 7.08. The molecular weight excluding hydrogens is 327 g/mol. The average molecular weight is 349 g/mol. The Labute approximate surface area is 142 Å². The summed E-state index contributed by atoms with van der Waals surface area (Å²) in [6.45, 7) is 3.02. The third-order valence-electron chi connectivity index (χ3n) is 3.45. The van der Waals surface area contributed by atoms with Gasteiger partial charge in [0.25, 0.3) is 0 Å².